The smallest absolute Gasteiger partial charge is 0.744 e. The minimum absolute atomic E-state index is 0. The maximum Gasteiger partial charge on any atom is 1.00 e. The molecular weight excluding hydrogens is 522 g/mol. The number of nitrogens with zero attached hydrogens (tertiary/aromatic N) is 2. The van der Waals surface area contributed by atoms with E-state index in [0.29, 0.717) is 5.39 Å². The molecule has 36 heavy (non-hydrogen) atoms. The summed E-state index contributed by atoms with van der Waals surface area (Å²) < 4.78 is 73.0. The molecule has 0 amide bonds. The molecule has 0 N–H and O–H groups in total. The van der Waals surface area contributed by atoms with Gasteiger partial charge in [-0.05, 0) is 22.8 Å². The Morgan fingerprint density at radius 2 is 1.17 bits per heavy atom. The predicted octanol–water partition coefficient (Wildman–Crippen LogP) is -2.07. The van der Waals surface area contributed by atoms with Crippen molar-refractivity contribution in [3.63, 3.8) is 0 Å². The fourth-order valence-electron chi connectivity index (χ4n) is 4.06. The van der Waals surface area contributed by atoms with Crippen LogP contribution in [0.2, 0.25) is 0 Å². The standard InChI is InChI=1S/C24H16N2O6S2.2Na/c27-33(28,29)23-20(16-9-5-2-6-10-16)19-12-11-18-17(15-7-3-1-4-8-15)13-14-25-21(18)22(19)26-24(23)34(30,31)32;;/h1-14H,(H,27,28,29)(H,30,31,32);;/q;2*+1/p-2. The van der Waals surface area contributed by atoms with Gasteiger partial charge in [0.25, 0.3) is 0 Å². The van der Waals surface area contributed by atoms with Crippen LogP contribution in [0.3, 0.4) is 0 Å². The fraction of sp³-hybridized carbons (Fsp3) is 0. The van der Waals surface area contributed by atoms with Gasteiger partial charge < -0.3 is 9.11 Å². The van der Waals surface area contributed by atoms with Crippen LogP contribution >= 0.6 is 0 Å². The van der Waals surface area contributed by atoms with Crippen LogP contribution in [0, 0.1) is 0 Å². The molecule has 8 nitrogen and oxygen atoms in total. The molecule has 5 aromatic rings. The second kappa shape index (κ2) is 11.0. The topological polar surface area (TPSA) is 140 Å². The minimum Gasteiger partial charge on any atom is -0.744 e. The van der Waals surface area contributed by atoms with Crippen LogP contribution in [0.25, 0.3) is 44.1 Å². The first-order valence-corrected chi connectivity index (χ1v) is 12.8. The Morgan fingerprint density at radius 3 is 1.72 bits per heavy atom. The van der Waals surface area contributed by atoms with Crippen molar-refractivity contribution in [2.45, 2.75) is 9.92 Å². The van der Waals surface area contributed by atoms with Crippen molar-refractivity contribution in [3.05, 3.63) is 85.1 Å². The zero-order valence-electron chi connectivity index (χ0n) is 19.2. The van der Waals surface area contributed by atoms with Crippen LogP contribution in [-0.4, -0.2) is 35.9 Å². The molecule has 2 aromatic heterocycles. The number of fused-ring (bicyclic) bond motifs is 3. The van der Waals surface area contributed by atoms with E-state index < -0.39 is 30.2 Å². The first-order valence-electron chi connectivity index (χ1n) is 9.94. The van der Waals surface area contributed by atoms with Gasteiger partial charge in [0, 0.05) is 22.5 Å². The molecule has 0 saturated carbocycles. The summed E-state index contributed by atoms with van der Waals surface area (Å²) in [5.41, 5.74) is 1.94. The Labute approximate surface area is 251 Å². The van der Waals surface area contributed by atoms with Crippen molar-refractivity contribution in [1.82, 2.24) is 9.97 Å². The molecule has 0 fully saturated rings. The number of rotatable bonds is 4. The van der Waals surface area contributed by atoms with Gasteiger partial charge in [0.2, 0.25) is 0 Å². The van der Waals surface area contributed by atoms with E-state index in [1.54, 1.807) is 36.4 Å². The number of pyridine rings is 2. The van der Waals surface area contributed by atoms with Crippen LogP contribution in [0.5, 0.6) is 0 Å². The van der Waals surface area contributed by atoms with Crippen LogP contribution < -0.4 is 59.1 Å². The SMILES string of the molecule is O=S(=O)([O-])c1nc2c(ccc3c(-c4ccccc4)ccnc32)c(-c2ccccc2)c1S(=O)(=O)[O-].[Na+].[Na+]. The van der Waals surface area contributed by atoms with E-state index in [-0.39, 0.29) is 86.7 Å². The normalized spacial score (nSPS) is 11.6. The average molecular weight is 536 g/mol. The summed E-state index contributed by atoms with van der Waals surface area (Å²) in [4.78, 5) is 7.11. The first-order chi connectivity index (χ1) is 16.2. The molecule has 2 heterocycles. The van der Waals surface area contributed by atoms with Gasteiger partial charge in [0.1, 0.15) is 20.2 Å². The average Bonchev–Trinajstić information content (AvgIpc) is 2.82. The van der Waals surface area contributed by atoms with E-state index in [1.807, 2.05) is 30.3 Å². The molecule has 0 aliphatic carbocycles. The Balaban J connectivity index is 0.00000180. The van der Waals surface area contributed by atoms with Crippen LogP contribution in [0.4, 0.5) is 0 Å². The van der Waals surface area contributed by atoms with E-state index in [9.17, 15) is 25.9 Å². The molecule has 12 heteroatoms. The van der Waals surface area contributed by atoms with Gasteiger partial charge in [-0.1, -0.05) is 72.8 Å². The third-order valence-corrected chi connectivity index (χ3v) is 7.22. The van der Waals surface area contributed by atoms with Crippen molar-refractivity contribution in [2.24, 2.45) is 0 Å². The quantitative estimate of drug-likeness (QED) is 0.145. The molecular formula is C24H14N2Na2O6S2. The third kappa shape index (κ3) is 5.30. The van der Waals surface area contributed by atoms with Gasteiger partial charge >= 0.3 is 59.1 Å². The van der Waals surface area contributed by atoms with Gasteiger partial charge in [-0.3, -0.25) is 4.98 Å². The second-order valence-corrected chi connectivity index (χ2v) is 10.1. The Morgan fingerprint density at radius 1 is 0.611 bits per heavy atom. The van der Waals surface area contributed by atoms with E-state index in [2.05, 4.69) is 9.97 Å². The maximum absolute atomic E-state index is 12.2. The van der Waals surface area contributed by atoms with Crippen LogP contribution in [0.15, 0.2) is 95.0 Å². The van der Waals surface area contributed by atoms with Crippen molar-refractivity contribution < 1.29 is 85.1 Å². The summed E-state index contributed by atoms with van der Waals surface area (Å²) in [7, 11) is -10.8. The number of benzene rings is 3. The molecule has 0 saturated heterocycles. The molecule has 0 spiro atoms. The van der Waals surface area contributed by atoms with Crippen molar-refractivity contribution >= 4 is 42.0 Å². The summed E-state index contributed by atoms with van der Waals surface area (Å²) in [6, 6.07) is 22.3. The molecule has 5 rings (SSSR count). The molecule has 170 valence electrons. The molecule has 0 radical (unpaired) electrons. The van der Waals surface area contributed by atoms with Crippen molar-refractivity contribution in [2.75, 3.05) is 0 Å². The summed E-state index contributed by atoms with van der Waals surface area (Å²) in [6.45, 7) is 0. The Bertz CT molecular complexity index is 1800. The van der Waals surface area contributed by atoms with Gasteiger partial charge in [-0.2, -0.15) is 0 Å². The molecule has 0 unspecified atom stereocenters. The molecule has 0 bridgehead atoms. The van der Waals surface area contributed by atoms with Gasteiger partial charge in [0.15, 0.2) is 5.03 Å². The van der Waals surface area contributed by atoms with Gasteiger partial charge in [0.05, 0.1) is 15.9 Å². The minimum atomic E-state index is -5.44. The Hall–Kier alpha value is -1.70. The van der Waals surface area contributed by atoms with E-state index in [4.69, 9.17) is 0 Å². The maximum atomic E-state index is 12.2. The first kappa shape index (κ1) is 28.9. The zero-order chi connectivity index (χ0) is 24.1. The summed E-state index contributed by atoms with van der Waals surface area (Å²) in [5.74, 6) is 0. The Kier molecular flexibility index (Phi) is 8.79. The number of hydrogen-bond acceptors (Lipinski definition) is 8. The van der Waals surface area contributed by atoms with Gasteiger partial charge in [-0.25, -0.2) is 21.8 Å². The van der Waals surface area contributed by atoms with Gasteiger partial charge in [-0.15, -0.1) is 0 Å². The third-order valence-electron chi connectivity index (χ3n) is 5.42. The molecule has 0 aliphatic heterocycles. The molecule has 0 aliphatic rings. The van der Waals surface area contributed by atoms with E-state index in [0.717, 1.165) is 11.1 Å². The monoisotopic (exact) mass is 536 g/mol. The summed E-state index contributed by atoms with van der Waals surface area (Å²) in [6.07, 6.45) is 1.51. The molecule has 3 aromatic carbocycles. The van der Waals surface area contributed by atoms with Crippen LogP contribution in [0.1, 0.15) is 0 Å². The predicted molar refractivity (Wildman–Crippen MR) is 124 cm³/mol. The zero-order valence-corrected chi connectivity index (χ0v) is 24.9. The van der Waals surface area contributed by atoms with E-state index >= 15 is 0 Å². The second-order valence-electron chi connectivity index (χ2n) is 7.48. The summed E-state index contributed by atoms with van der Waals surface area (Å²) in [5, 5.41) is -0.550. The van der Waals surface area contributed by atoms with Crippen molar-refractivity contribution in [1.29, 1.82) is 0 Å². The van der Waals surface area contributed by atoms with Crippen molar-refractivity contribution in [3.8, 4) is 22.3 Å². The van der Waals surface area contributed by atoms with Crippen LogP contribution in [-0.2, 0) is 20.2 Å². The summed E-state index contributed by atoms with van der Waals surface area (Å²) >= 11 is 0. The van der Waals surface area contributed by atoms with E-state index in [1.165, 1.54) is 18.3 Å². The fourth-order valence-corrected chi connectivity index (χ4v) is 5.94. The molecule has 0 atom stereocenters. The number of aromatic nitrogens is 2. The largest absolute Gasteiger partial charge is 1.00 e. The number of hydrogen-bond donors (Lipinski definition) is 0.